The van der Waals surface area contributed by atoms with E-state index in [2.05, 4.69) is 84.9 Å². The molecule has 11 nitrogen and oxygen atoms in total. The first-order valence-electron chi connectivity index (χ1n) is 16.7. The summed E-state index contributed by atoms with van der Waals surface area (Å²) in [5.41, 5.74) is 5.85. The van der Waals surface area contributed by atoms with Crippen molar-refractivity contribution in [2.75, 3.05) is 56.5 Å². The Morgan fingerprint density at radius 1 is 0.938 bits per heavy atom. The Hall–Kier alpha value is -4.32. The summed E-state index contributed by atoms with van der Waals surface area (Å²) in [6.45, 7) is 6.59. The van der Waals surface area contributed by atoms with E-state index in [4.69, 9.17) is 11.6 Å². The van der Waals surface area contributed by atoms with Gasteiger partial charge in [-0.1, -0.05) is 41.9 Å². The number of rotatable bonds is 7. The van der Waals surface area contributed by atoms with E-state index in [1.54, 1.807) is 19.4 Å². The summed E-state index contributed by atoms with van der Waals surface area (Å²) in [6.07, 6.45) is 5.23. The number of likely N-dealkylation sites (tertiary alicyclic amines) is 1. The van der Waals surface area contributed by atoms with Gasteiger partial charge in [0.25, 0.3) is 5.56 Å². The molecule has 0 aliphatic carbocycles. The summed E-state index contributed by atoms with van der Waals surface area (Å²) in [6, 6.07) is 17.6. The Labute approximate surface area is 284 Å². The molecular formula is C36H41ClN8O3. The zero-order chi connectivity index (χ0) is 33.4. The van der Waals surface area contributed by atoms with Gasteiger partial charge in [0.15, 0.2) is 0 Å². The molecule has 3 atom stereocenters. The maximum Gasteiger partial charge on any atom is 0.287 e. The van der Waals surface area contributed by atoms with E-state index in [1.807, 2.05) is 6.07 Å². The van der Waals surface area contributed by atoms with Crippen LogP contribution in [0.3, 0.4) is 0 Å². The normalized spacial score (nSPS) is 22.6. The number of likely N-dealkylation sites (N-methyl/N-ethyl adjacent to an activating group) is 1. The second-order valence-corrected chi connectivity index (χ2v) is 13.8. The molecule has 250 valence electrons. The van der Waals surface area contributed by atoms with E-state index < -0.39 is 0 Å². The minimum absolute atomic E-state index is 0.157. The highest BCUT2D eigenvalue weighted by atomic mass is 35.5. The minimum atomic E-state index is -0.330. The van der Waals surface area contributed by atoms with Gasteiger partial charge < -0.3 is 15.1 Å². The van der Waals surface area contributed by atoms with Crippen LogP contribution in [0.25, 0.3) is 10.9 Å². The molecular weight excluding hydrogens is 628 g/mol. The molecule has 12 heteroatoms. The zero-order valence-corrected chi connectivity index (χ0v) is 28.1. The predicted octanol–water partition coefficient (Wildman–Crippen LogP) is 3.72. The molecule has 4 aromatic rings. The summed E-state index contributed by atoms with van der Waals surface area (Å²) >= 11 is 6.32. The van der Waals surface area contributed by atoms with Gasteiger partial charge in [-0.15, -0.1) is 0 Å². The third-order valence-corrected chi connectivity index (χ3v) is 10.4. The first-order chi connectivity index (χ1) is 23.2. The molecule has 3 unspecified atom stereocenters. The van der Waals surface area contributed by atoms with Crippen molar-refractivity contribution in [3.05, 3.63) is 93.0 Å². The van der Waals surface area contributed by atoms with Crippen LogP contribution in [0.5, 0.6) is 0 Å². The van der Waals surface area contributed by atoms with Gasteiger partial charge in [-0.3, -0.25) is 29.6 Å². The van der Waals surface area contributed by atoms with Crippen LogP contribution in [-0.2, 0) is 23.2 Å². The average molecular weight is 669 g/mol. The van der Waals surface area contributed by atoms with Crippen LogP contribution in [0.4, 0.5) is 11.4 Å². The third-order valence-electron chi connectivity index (χ3n) is 10.00. The largest absolute Gasteiger partial charge is 0.378 e. The number of amides is 2. The molecule has 2 N–H and O–H groups in total. The van der Waals surface area contributed by atoms with Gasteiger partial charge in [-0.25, -0.2) is 4.68 Å². The molecule has 0 radical (unpaired) electrons. The quantitative estimate of drug-likeness (QED) is 0.284. The molecule has 5 heterocycles. The lowest BCUT2D eigenvalue weighted by molar-refractivity contribution is -0.134. The second-order valence-electron chi connectivity index (χ2n) is 13.5. The van der Waals surface area contributed by atoms with E-state index in [9.17, 15) is 14.4 Å². The van der Waals surface area contributed by atoms with Crippen molar-refractivity contribution in [2.24, 2.45) is 7.05 Å². The van der Waals surface area contributed by atoms with Crippen LogP contribution in [-0.4, -0.2) is 88.7 Å². The molecule has 3 aliphatic heterocycles. The molecule has 7 rings (SSSR count). The summed E-state index contributed by atoms with van der Waals surface area (Å²) in [4.78, 5) is 48.0. The number of hydrogen-bond acceptors (Lipinski definition) is 9. The van der Waals surface area contributed by atoms with Crippen molar-refractivity contribution in [1.82, 2.24) is 29.9 Å². The molecule has 48 heavy (non-hydrogen) atoms. The van der Waals surface area contributed by atoms with Gasteiger partial charge in [0, 0.05) is 82.6 Å². The topological polar surface area (TPSA) is 116 Å². The number of halogens is 1. The number of pyridine rings is 1. The highest BCUT2D eigenvalue weighted by molar-refractivity contribution is 6.32. The van der Waals surface area contributed by atoms with Crippen molar-refractivity contribution in [3.63, 3.8) is 0 Å². The number of aromatic nitrogens is 3. The number of carbonyl (C=O) groups excluding carboxylic acids is 2. The van der Waals surface area contributed by atoms with Gasteiger partial charge in [0.1, 0.15) is 5.02 Å². The lowest BCUT2D eigenvalue weighted by atomic mass is 9.87. The van der Waals surface area contributed by atoms with Crippen molar-refractivity contribution >= 4 is 45.7 Å². The molecule has 2 aromatic carbocycles. The highest BCUT2D eigenvalue weighted by Gasteiger charge is 2.29. The van der Waals surface area contributed by atoms with Crippen LogP contribution in [0.1, 0.15) is 47.8 Å². The first kappa shape index (κ1) is 32.2. The number of carbonyl (C=O) groups is 2. The Bertz CT molecular complexity index is 1890. The summed E-state index contributed by atoms with van der Waals surface area (Å²) in [7, 11) is 3.73. The Morgan fingerprint density at radius 3 is 2.50 bits per heavy atom. The number of nitrogens with one attached hydrogen (secondary N) is 2. The number of anilines is 2. The van der Waals surface area contributed by atoms with Crippen LogP contribution < -0.4 is 21.1 Å². The summed E-state index contributed by atoms with van der Waals surface area (Å²) in [5, 5.41) is 11.2. The number of hydrogen-bond donors (Lipinski definition) is 2. The number of benzene rings is 2. The van der Waals surface area contributed by atoms with Crippen LogP contribution in [0.15, 0.2) is 65.7 Å². The number of fused-ring (bicyclic) bond motifs is 1. The van der Waals surface area contributed by atoms with Crippen molar-refractivity contribution in [1.29, 1.82) is 0 Å². The molecule has 2 aromatic heterocycles. The monoisotopic (exact) mass is 668 g/mol. The van der Waals surface area contributed by atoms with Crippen LogP contribution >= 0.6 is 11.6 Å². The maximum absolute atomic E-state index is 12.3. The second kappa shape index (κ2) is 13.7. The fourth-order valence-corrected chi connectivity index (χ4v) is 7.57. The molecule has 3 fully saturated rings. The fourth-order valence-electron chi connectivity index (χ4n) is 7.34. The van der Waals surface area contributed by atoms with E-state index in [0.717, 1.165) is 74.4 Å². The molecule has 3 aliphatic rings. The predicted molar refractivity (Wildman–Crippen MR) is 188 cm³/mol. The van der Waals surface area contributed by atoms with Gasteiger partial charge in [-0.2, -0.15) is 5.10 Å². The summed E-state index contributed by atoms with van der Waals surface area (Å²) < 4.78 is 1.25. The first-order valence-corrected chi connectivity index (χ1v) is 17.0. The zero-order valence-electron chi connectivity index (χ0n) is 27.4. The maximum atomic E-state index is 12.3. The minimum Gasteiger partial charge on any atom is -0.378 e. The molecule has 2 amide bonds. The summed E-state index contributed by atoms with van der Waals surface area (Å²) in [5.74, 6) is -0.398. The van der Waals surface area contributed by atoms with Gasteiger partial charge in [0.2, 0.25) is 11.8 Å². The van der Waals surface area contributed by atoms with E-state index in [-0.39, 0.29) is 34.4 Å². The number of piperidine rings is 2. The Balaban J connectivity index is 0.928. The molecule has 0 bridgehead atoms. The number of piperazine rings is 1. The lowest BCUT2D eigenvalue weighted by Gasteiger charge is -2.37. The van der Waals surface area contributed by atoms with Crippen molar-refractivity contribution < 1.29 is 9.59 Å². The molecule has 3 saturated heterocycles. The van der Waals surface area contributed by atoms with Crippen molar-refractivity contribution in [3.8, 4) is 0 Å². The van der Waals surface area contributed by atoms with Crippen LogP contribution in [0.2, 0.25) is 5.02 Å². The third kappa shape index (κ3) is 6.94. The van der Waals surface area contributed by atoms with E-state index in [1.165, 1.54) is 15.8 Å². The standard InChI is InChI=1S/C36H41ClN8O3/c1-42-21-27(16-28(22-42)40-32-19-39-43(2)36(48)34(32)37)24-5-3-23(4-6-24)20-44-11-13-45(14-12-44)29-8-7-25-15-26(18-38-31(25)17-29)30-9-10-33(46)41-35(30)47/h3-8,15,17-19,27-28,30,40H,9-14,16,20-22H2,1-2H3,(H,41,46,47). The van der Waals surface area contributed by atoms with Gasteiger partial charge in [-0.05, 0) is 60.7 Å². The fraction of sp³-hybridized carbons (Fsp3) is 0.417. The molecule has 0 saturated carbocycles. The highest BCUT2D eigenvalue weighted by Crippen LogP contribution is 2.31. The Morgan fingerprint density at radius 2 is 1.73 bits per heavy atom. The van der Waals surface area contributed by atoms with E-state index in [0.29, 0.717) is 24.4 Å². The van der Waals surface area contributed by atoms with Gasteiger partial charge in [0.05, 0.1) is 23.3 Å². The lowest BCUT2D eigenvalue weighted by Crippen LogP contribution is -2.46. The number of aryl methyl sites for hydroxylation is 1. The van der Waals surface area contributed by atoms with Gasteiger partial charge >= 0.3 is 0 Å². The van der Waals surface area contributed by atoms with Crippen molar-refractivity contribution in [2.45, 2.75) is 43.7 Å². The number of nitrogens with zero attached hydrogens (tertiary/aromatic N) is 6. The smallest absolute Gasteiger partial charge is 0.287 e. The van der Waals surface area contributed by atoms with Crippen LogP contribution in [0, 0.1) is 0 Å². The molecule has 0 spiro atoms. The number of imide groups is 1. The average Bonchev–Trinajstić information content (AvgIpc) is 3.08. The SMILES string of the molecule is CN1CC(Nc2cnn(C)c(=O)c2Cl)CC(c2ccc(CN3CCN(c4ccc5cc(C6CCC(=O)NC6=O)cnc5c4)CC3)cc2)C1. The Kier molecular flexibility index (Phi) is 9.17. The van der Waals surface area contributed by atoms with E-state index >= 15 is 0 Å².